The maximum Gasteiger partial charge on any atom is 0.257 e. The van der Waals surface area contributed by atoms with E-state index in [1.54, 1.807) is 4.90 Å². The molecule has 0 spiro atoms. The lowest BCUT2D eigenvalue weighted by molar-refractivity contribution is -0.917. The van der Waals surface area contributed by atoms with Gasteiger partial charge in [0, 0.05) is 5.56 Å². The van der Waals surface area contributed by atoms with Gasteiger partial charge in [-0.3, -0.25) is 4.79 Å². The predicted octanol–water partition coefficient (Wildman–Crippen LogP) is 1.24. The lowest BCUT2D eigenvalue weighted by atomic mass is 10.1. The second-order valence-electron chi connectivity index (χ2n) is 6.01. The third kappa shape index (κ3) is 3.61. The minimum atomic E-state index is -0.627. The molecule has 1 aliphatic rings. The normalized spacial score (nSPS) is 15.1. The Hall–Kier alpha value is -2.71. The first-order valence-electron chi connectivity index (χ1n) is 8.04. The van der Waals surface area contributed by atoms with Gasteiger partial charge >= 0.3 is 0 Å². The molecule has 2 aromatic carbocycles. The van der Waals surface area contributed by atoms with E-state index in [0.29, 0.717) is 13.1 Å². The Morgan fingerprint density at radius 2 is 1.88 bits per heavy atom. The molecule has 24 heavy (non-hydrogen) atoms. The monoisotopic (exact) mass is 324 g/mol. The summed E-state index contributed by atoms with van der Waals surface area (Å²) in [5, 5.41) is 8.78. The van der Waals surface area contributed by atoms with Crippen molar-refractivity contribution < 1.29 is 14.1 Å². The van der Waals surface area contributed by atoms with Gasteiger partial charge in [0.1, 0.15) is 12.4 Å². The van der Waals surface area contributed by atoms with E-state index >= 15 is 0 Å². The summed E-state index contributed by atoms with van der Waals surface area (Å²) in [5.41, 5.74) is 1.55. The summed E-state index contributed by atoms with van der Waals surface area (Å²) in [6.45, 7) is 3.85. The lowest BCUT2D eigenvalue weighted by Gasteiger charge is -2.32. The number of amides is 1. The summed E-state index contributed by atoms with van der Waals surface area (Å²) in [5.74, 6) is -0.922. The number of benzene rings is 2. The van der Waals surface area contributed by atoms with Gasteiger partial charge in [0.05, 0.1) is 43.4 Å². The number of hydrogen-bond donors (Lipinski definition) is 1. The molecule has 1 saturated heterocycles. The standard InChI is InChI=1S/C19H18FN3O/c20-18-12-16(13-21)6-7-17(18)19(24)23-10-8-22(9-11-23)14-15-4-2-1-3-5-15/h1-7,12H,8-11,14H2/p+1. The molecular weight excluding hydrogens is 305 g/mol. The van der Waals surface area contributed by atoms with Crippen LogP contribution in [0.4, 0.5) is 4.39 Å². The van der Waals surface area contributed by atoms with Crippen LogP contribution in [0.1, 0.15) is 21.5 Å². The van der Waals surface area contributed by atoms with Gasteiger partial charge in [-0.25, -0.2) is 4.39 Å². The van der Waals surface area contributed by atoms with Crippen LogP contribution in [0.3, 0.4) is 0 Å². The predicted molar refractivity (Wildman–Crippen MR) is 87.9 cm³/mol. The largest absolute Gasteiger partial charge is 0.328 e. The summed E-state index contributed by atoms with van der Waals surface area (Å²) in [6, 6.07) is 16.1. The Morgan fingerprint density at radius 3 is 2.50 bits per heavy atom. The molecule has 1 N–H and O–H groups in total. The van der Waals surface area contributed by atoms with E-state index in [4.69, 9.17) is 5.26 Å². The molecule has 1 amide bonds. The SMILES string of the molecule is N#Cc1ccc(C(=O)N2CC[NH+](Cc3ccccc3)CC2)c(F)c1. The fourth-order valence-electron chi connectivity index (χ4n) is 3.02. The summed E-state index contributed by atoms with van der Waals surface area (Å²) in [4.78, 5) is 15.6. The highest BCUT2D eigenvalue weighted by Gasteiger charge is 2.26. The molecule has 0 aliphatic carbocycles. The van der Waals surface area contributed by atoms with Crippen molar-refractivity contribution in [1.82, 2.24) is 4.90 Å². The molecule has 0 atom stereocenters. The van der Waals surface area contributed by atoms with Gasteiger partial charge in [-0.15, -0.1) is 0 Å². The van der Waals surface area contributed by atoms with Crippen molar-refractivity contribution >= 4 is 5.91 Å². The summed E-state index contributed by atoms with van der Waals surface area (Å²) >= 11 is 0. The average molecular weight is 324 g/mol. The van der Waals surface area contributed by atoms with Crippen LogP contribution in [0.15, 0.2) is 48.5 Å². The summed E-state index contributed by atoms with van der Waals surface area (Å²) in [7, 11) is 0. The number of carbonyl (C=O) groups excluding carboxylic acids is 1. The van der Waals surface area contributed by atoms with E-state index in [-0.39, 0.29) is 17.0 Å². The highest BCUT2D eigenvalue weighted by Crippen LogP contribution is 2.13. The molecule has 1 fully saturated rings. The Kier molecular flexibility index (Phi) is 4.88. The molecule has 5 heteroatoms. The van der Waals surface area contributed by atoms with Crippen LogP contribution >= 0.6 is 0 Å². The smallest absolute Gasteiger partial charge is 0.257 e. The fraction of sp³-hybridized carbons (Fsp3) is 0.263. The molecule has 3 rings (SSSR count). The van der Waals surface area contributed by atoms with Crippen molar-refractivity contribution in [2.24, 2.45) is 0 Å². The average Bonchev–Trinajstić information content (AvgIpc) is 2.62. The van der Waals surface area contributed by atoms with E-state index in [0.717, 1.165) is 25.7 Å². The summed E-state index contributed by atoms with van der Waals surface area (Å²) < 4.78 is 14.0. The van der Waals surface area contributed by atoms with Crippen molar-refractivity contribution in [3.8, 4) is 6.07 Å². The first-order chi connectivity index (χ1) is 11.7. The number of quaternary nitrogens is 1. The first-order valence-corrected chi connectivity index (χ1v) is 8.04. The van der Waals surface area contributed by atoms with E-state index in [9.17, 15) is 9.18 Å². The molecular formula is C19H19FN3O+. The van der Waals surface area contributed by atoms with Gasteiger partial charge in [-0.1, -0.05) is 30.3 Å². The van der Waals surface area contributed by atoms with E-state index < -0.39 is 5.82 Å². The second-order valence-corrected chi connectivity index (χ2v) is 6.01. The van der Waals surface area contributed by atoms with Crippen molar-refractivity contribution in [2.45, 2.75) is 6.54 Å². The second kappa shape index (κ2) is 7.24. The number of nitrogens with one attached hydrogen (secondary N) is 1. The van der Waals surface area contributed by atoms with Crippen molar-refractivity contribution in [1.29, 1.82) is 5.26 Å². The highest BCUT2D eigenvalue weighted by molar-refractivity contribution is 5.94. The van der Waals surface area contributed by atoms with Gasteiger partial charge in [0.15, 0.2) is 0 Å². The van der Waals surface area contributed by atoms with Crippen molar-refractivity contribution in [3.05, 3.63) is 71.0 Å². The quantitative estimate of drug-likeness (QED) is 0.923. The van der Waals surface area contributed by atoms with Crippen LogP contribution in [-0.2, 0) is 6.54 Å². The van der Waals surface area contributed by atoms with Crippen LogP contribution < -0.4 is 4.90 Å². The minimum Gasteiger partial charge on any atom is -0.328 e. The van der Waals surface area contributed by atoms with Gasteiger partial charge in [0.2, 0.25) is 0 Å². The lowest BCUT2D eigenvalue weighted by Crippen LogP contribution is -3.13. The van der Waals surface area contributed by atoms with Gasteiger partial charge in [-0.05, 0) is 18.2 Å². The minimum absolute atomic E-state index is 0.0421. The van der Waals surface area contributed by atoms with Gasteiger partial charge < -0.3 is 9.80 Å². The number of carbonyl (C=O) groups is 1. The Bertz CT molecular complexity index is 762. The zero-order valence-corrected chi connectivity index (χ0v) is 13.3. The highest BCUT2D eigenvalue weighted by atomic mass is 19.1. The number of hydrogen-bond acceptors (Lipinski definition) is 2. The molecule has 0 radical (unpaired) electrons. The molecule has 1 heterocycles. The number of halogens is 1. The third-order valence-electron chi connectivity index (χ3n) is 4.38. The Labute approximate surface area is 140 Å². The number of nitriles is 1. The Balaban J connectivity index is 1.60. The molecule has 0 saturated carbocycles. The molecule has 4 nitrogen and oxygen atoms in total. The van der Waals surface area contributed by atoms with Crippen LogP contribution in [0.25, 0.3) is 0 Å². The molecule has 0 unspecified atom stereocenters. The zero-order chi connectivity index (χ0) is 16.9. The molecule has 0 bridgehead atoms. The van der Waals surface area contributed by atoms with Crippen LogP contribution in [-0.4, -0.2) is 37.0 Å². The van der Waals surface area contributed by atoms with Crippen LogP contribution in [0, 0.1) is 17.1 Å². The van der Waals surface area contributed by atoms with E-state index in [2.05, 4.69) is 12.1 Å². The molecule has 0 aromatic heterocycles. The maximum absolute atomic E-state index is 14.0. The van der Waals surface area contributed by atoms with E-state index in [1.165, 1.54) is 22.6 Å². The Morgan fingerprint density at radius 1 is 1.17 bits per heavy atom. The van der Waals surface area contributed by atoms with Gasteiger partial charge in [-0.2, -0.15) is 5.26 Å². The summed E-state index contributed by atoms with van der Waals surface area (Å²) in [6.07, 6.45) is 0. The molecule has 2 aromatic rings. The van der Waals surface area contributed by atoms with Crippen LogP contribution in [0.5, 0.6) is 0 Å². The number of rotatable bonds is 3. The zero-order valence-electron chi connectivity index (χ0n) is 13.3. The third-order valence-corrected chi connectivity index (χ3v) is 4.38. The van der Waals surface area contributed by atoms with Crippen molar-refractivity contribution in [3.63, 3.8) is 0 Å². The first kappa shape index (κ1) is 16.2. The van der Waals surface area contributed by atoms with Gasteiger partial charge in [0.25, 0.3) is 5.91 Å². The molecule has 122 valence electrons. The fourth-order valence-corrected chi connectivity index (χ4v) is 3.02. The molecule has 1 aliphatic heterocycles. The van der Waals surface area contributed by atoms with E-state index in [1.807, 2.05) is 24.3 Å². The maximum atomic E-state index is 14.0. The number of piperazine rings is 1. The topological polar surface area (TPSA) is 48.5 Å². The van der Waals surface area contributed by atoms with Crippen molar-refractivity contribution in [2.75, 3.05) is 26.2 Å². The van der Waals surface area contributed by atoms with Crippen LogP contribution in [0.2, 0.25) is 0 Å². The number of nitrogens with zero attached hydrogens (tertiary/aromatic N) is 2.